The number of rotatable bonds is 9. The minimum Gasteiger partial charge on any atom is -0.476 e. The van der Waals surface area contributed by atoms with Crippen molar-refractivity contribution in [1.82, 2.24) is 24.8 Å². The van der Waals surface area contributed by atoms with Crippen molar-refractivity contribution in [3.63, 3.8) is 0 Å². The maximum absolute atomic E-state index is 12.4. The van der Waals surface area contributed by atoms with Gasteiger partial charge in [0.15, 0.2) is 0 Å². The van der Waals surface area contributed by atoms with Crippen molar-refractivity contribution in [3.8, 4) is 5.88 Å². The summed E-state index contributed by atoms with van der Waals surface area (Å²) in [6, 6.07) is 6.34. The summed E-state index contributed by atoms with van der Waals surface area (Å²) in [5.74, 6) is 1.30. The summed E-state index contributed by atoms with van der Waals surface area (Å²) in [7, 11) is 1.91. The van der Waals surface area contributed by atoms with Crippen molar-refractivity contribution in [2.45, 2.75) is 70.9 Å². The van der Waals surface area contributed by atoms with Crippen LogP contribution in [-0.2, 0) is 4.79 Å². The molecule has 9 nitrogen and oxygen atoms in total. The molecule has 1 aliphatic heterocycles. The van der Waals surface area contributed by atoms with Gasteiger partial charge in [0.1, 0.15) is 24.2 Å². The van der Waals surface area contributed by atoms with Crippen molar-refractivity contribution in [2.75, 3.05) is 38.6 Å². The Morgan fingerprint density at radius 2 is 1.90 bits per heavy atom. The minimum absolute atomic E-state index is 0.0235. The maximum atomic E-state index is 12.4. The van der Waals surface area contributed by atoms with Crippen molar-refractivity contribution in [3.05, 3.63) is 46.9 Å². The van der Waals surface area contributed by atoms with Gasteiger partial charge in [0, 0.05) is 43.2 Å². The number of aldehydes is 1. The highest BCUT2D eigenvalue weighted by molar-refractivity contribution is 6.31. The topological polar surface area (TPSA) is 101 Å². The van der Waals surface area contributed by atoms with E-state index in [-0.39, 0.29) is 22.9 Å². The second kappa shape index (κ2) is 15.3. The number of ether oxygens (including phenoxy) is 1. The molecular weight excluding hydrogens is 559 g/mol. The molecule has 2 fully saturated rings. The third-order valence-electron chi connectivity index (χ3n) is 7.82. The molecule has 0 atom stereocenters. The van der Waals surface area contributed by atoms with Gasteiger partial charge in [-0.1, -0.05) is 18.0 Å². The Morgan fingerprint density at radius 3 is 2.55 bits per heavy atom. The van der Waals surface area contributed by atoms with Gasteiger partial charge < -0.3 is 19.9 Å². The van der Waals surface area contributed by atoms with E-state index in [0.717, 1.165) is 55.3 Å². The summed E-state index contributed by atoms with van der Waals surface area (Å²) >= 11 is 5.36. The highest BCUT2D eigenvalue weighted by Crippen LogP contribution is 2.37. The molecule has 1 saturated carbocycles. The number of carbonyl (C=O) groups is 2. The minimum atomic E-state index is -0.507. The molecule has 3 heterocycles. The number of nitrogens with zero attached hydrogens (tertiary/aromatic N) is 4. The van der Waals surface area contributed by atoms with Crippen LogP contribution < -0.4 is 15.4 Å². The van der Waals surface area contributed by atoms with E-state index in [9.17, 15) is 14.0 Å². The predicted octanol–water partition coefficient (Wildman–Crippen LogP) is 5.89. The van der Waals surface area contributed by atoms with E-state index in [1.54, 1.807) is 0 Å². The zero-order valence-electron chi connectivity index (χ0n) is 24.7. The van der Waals surface area contributed by atoms with Gasteiger partial charge in [-0.15, -0.1) is 0 Å². The summed E-state index contributed by atoms with van der Waals surface area (Å²) in [6.45, 7) is 7.98. The van der Waals surface area contributed by atoms with E-state index in [2.05, 4.69) is 25.1 Å². The molecule has 11 heteroatoms. The molecule has 42 heavy (non-hydrogen) atoms. The summed E-state index contributed by atoms with van der Waals surface area (Å²) in [6.07, 6.45) is 10.1. The number of imidazole rings is 1. The number of hydrogen-bond acceptors (Lipinski definition) is 7. The Morgan fingerprint density at radius 1 is 1.17 bits per heavy atom. The first-order valence-corrected chi connectivity index (χ1v) is 15.3. The highest BCUT2D eigenvalue weighted by atomic mass is 35.5. The number of amides is 1. The summed E-state index contributed by atoms with van der Waals surface area (Å²) in [5, 5.41) is 6.29. The van der Waals surface area contributed by atoms with Gasteiger partial charge in [-0.05, 0) is 83.7 Å². The number of hydrogen-bond donors (Lipinski definition) is 2. The van der Waals surface area contributed by atoms with Gasteiger partial charge in [-0.2, -0.15) is 0 Å². The lowest BCUT2D eigenvalue weighted by atomic mass is 9.85. The Balaban J connectivity index is 0.000000343. The van der Waals surface area contributed by atoms with E-state index < -0.39 is 5.82 Å². The van der Waals surface area contributed by atoms with Gasteiger partial charge >= 0.3 is 0 Å². The van der Waals surface area contributed by atoms with Gasteiger partial charge in [0.25, 0.3) is 0 Å². The summed E-state index contributed by atoms with van der Waals surface area (Å²) in [5.41, 5.74) is 2.30. The summed E-state index contributed by atoms with van der Waals surface area (Å²) < 4.78 is 20.7. The Kier molecular flexibility index (Phi) is 11.5. The molecule has 2 N–H and O–H groups in total. The lowest BCUT2D eigenvalue weighted by Crippen LogP contribution is -2.37. The number of anilines is 1. The third kappa shape index (κ3) is 8.41. The largest absolute Gasteiger partial charge is 0.476 e. The van der Waals surface area contributed by atoms with Gasteiger partial charge in [0.2, 0.25) is 17.7 Å². The van der Waals surface area contributed by atoms with Crippen molar-refractivity contribution >= 4 is 40.8 Å². The molecular formula is C31H42ClFN6O3. The van der Waals surface area contributed by atoms with Gasteiger partial charge in [-0.3, -0.25) is 14.5 Å². The fraction of sp³-hybridized carbons (Fsp3) is 0.548. The smallest absolute Gasteiger partial charge is 0.223 e. The lowest BCUT2D eigenvalue weighted by Gasteiger charge is -2.30. The maximum Gasteiger partial charge on any atom is 0.223 e. The zero-order valence-corrected chi connectivity index (χ0v) is 25.5. The number of carbonyl (C=O) groups excluding carboxylic acids is 2. The number of likely N-dealkylation sites (tertiary alicyclic amines) is 1. The van der Waals surface area contributed by atoms with Crippen LogP contribution in [0.15, 0.2) is 30.5 Å². The van der Waals surface area contributed by atoms with Crippen molar-refractivity contribution < 1.29 is 18.7 Å². The Bertz CT molecular complexity index is 1340. The van der Waals surface area contributed by atoms with E-state index >= 15 is 0 Å². The number of halogens is 2. The normalized spacial score (nSPS) is 19.2. The predicted molar refractivity (Wildman–Crippen MR) is 164 cm³/mol. The van der Waals surface area contributed by atoms with E-state index in [1.165, 1.54) is 44.5 Å². The molecule has 1 saturated heterocycles. The average Bonchev–Trinajstić information content (AvgIpc) is 3.37. The molecule has 1 aromatic carbocycles. The number of pyridine rings is 1. The van der Waals surface area contributed by atoms with Crippen LogP contribution in [0.5, 0.6) is 5.88 Å². The third-order valence-corrected chi connectivity index (χ3v) is 8.11. The quantitative estimate of drug-likeness (QED) is 0.296. The molecule has 1 amide bonds. The van der Waals surface area contributed by atoms with Gasteiger partial charge in [0.05, 0.1) is 16.7 Å². The molecule has 2 aliphatic rings. The Labute approximate surface area is 252 Å². The SMILES string of the molecule is CNc1nc2cnc(OCCN3CCCCC3)cc2n1C1CCC(C(=O)NC(C)C)CC1.O=Cc1ccc(F)c(Cl)c1. The Hall–Kier alpha value is -3.24. The molecule has 0 bridgehead atoms. The van der Waals surface area contributed by atoms with Crippen molar-refractivity contribution in [1.29, 1.82) is 0 Å². The first kappa shape index (κ1) is 31.7. The van der Waals surface area contributed by atoms with Crippen molar-refractivity contribution in [2.24, 2.45) is 5.92 Å². The number of aromatic nitrogens is 3. The van der Waals surface area contributed by atoms with Crippen LogP contribution in [0, 0.1) is 11.7 Å². The number of piperidine rings is 1. The van der Waals surface area contributed by atoms with Crippen LogP contribution in [0.25, 0.3) is 11.0 Å². The first-order valence-electron chi connectivity index (χ1n) is 14.9. The second-order valence-electron chi connectivity index (χ2n) is 11.3. The molecule has 2 aromatic heterocycles. The van der Waals surface area contributed by atoms with Crippen LogP contribution in [0.3, 0.4) is 0 Å². The standard InChI is InChI=1S/C24H38N6O2.C7H4ClFO/c1-17(2)27-23(31)18-7-9-19(10-8-18)30-21-15-22(26-16-20(21)28-24(30)25-3)32-14-13-29-11-5-4-6-12-29;8-6-3-5(4-10)1-2-7(6)9/h15-19H,4-14H2,1-3H3,(H,25,28)(H,27,31);1-4H. The molecule has 0 radical (unpaired) electrons. The lowest BCUT2D eigenvalue weighted by molar-refractivity contribution is -0.126. The molecule has 0 unspecified atom stereocenters. The first-order chi connectivity index (χ1) is 20.3. The molecule has 0 spiro atoms. The zero-order chi connectivity index (χ0) is 30.1. The van der Waals surface area contributed by atoms with Crippen LogP contribution in [0.4, 0.5) is 10.3 Å². The monoisotopic (exact) mass is 600 g/mol. The van der Waals surface area contributed by atoms with Crippen LogP contribution in [-0.4, -0.2) is 71.0 Å². The van der Waals surface area contributed by atoms with Crippen LogP contribution in [0.1, 0.15) is 75.2 Å². The molecule has 228 valence electrons. The van der Waals surface area contributed by atoms with E-state index in [4.69, 9.17) is 21.3 Å². The van der Waals surface area contributed by atoms with E-state index in [0.29, 0.717) is 30.4 Å². The fourth-order valence-corrected chi connectivity index (χ4v) is 5.84. The average molecular weight is 601 g/mol. The number of fused-ring (bicyclic) bond motifs is 1. The summed E-state index contributed by atoms with van der Waals surface area (Å²) in [4.78, 5) is 34.2. The molecule has 3 aromatic rings. The van der Waals surface area contributed by atoms with Crippen LogP contribution in [0.2, 0.25) is 5.02 Å². The van der Waals surface area contributed by atoms with Gasteiger partial charge in [-0.25, -0.2) is 14.4 Å². The van der Waals surface area contributed by atoms with Crippen LogP contribution >= 0.6 is 11.6 Å². The fourth-order valence-electron chi connectivity index (χ4n) is 5.65. The van der Waals surface area contributed by atoms with E-state index in [1.807, 2.05) is 33.2 Å². The molecule has 5 rings (SSSR count). The second-order valence-corrected chi connectivity index (χ2v) is 11.7. The highest BCUT2D eigenvalue weighted by Gasteiger charge is 2.29. The number of nitrogens with one attached hydrogen (secondary N) is 2. The molecule has 1 aliphatic carbocycles. The number of benzene rings is 1.